The fourth-order valence-corrected chi connectivity index (χ4v) is 3.97. The average Bonchev–Trinajstić information content (AvgIpc) is 2.79. The lowest BCUT2D eigenvalue weighted by atomic mass is 10.1. The summed E-state index contributed by atoms with van der Waals surface area (Å²) < 4.78 is 25.2. The maximum absolute atomic E-state index is 13.9. The lowest BCUT2D eigenvalue weighted by molar-refractivity contribution is 0.0600. The number of ether oxygens (including phenoxy) is 2. The fourth-order valence-electron chi connectivity index (χ4n) is 3.51. The molecule has 3 heterocycles. The van der Waals surface area contributed by atoms with Crippen LogP contribution in [0.4, 0.5) is 10.2 Å². The van der Waals surface area contributed by atoms with E-state index in [1.807, 2.05) is 12.1 Å². The molecule has 0 atom stereocenters. The van der Waals surface area contributed by atoms with Crippen LogP contribution >= 0.6 is 15.9 Å². The molecule has 0 aliphatic carbocycles. The van der Waals surface area contributed by atoms with Gasteiger partial charge in [-0.25, -0.2) is 19.2 Å². The molecular formula is C23H21BrFN3O3. The van der Waals surface area contributed by atoms with E-state index in [4.69, 9.17) is 9.47 Å². The molecule has 1 aliphatic heterocycles. The summed E-state index contributed by atoms with van der Waals surface area (Å²) in [5, 5.41) is 0. The van der Waals surface area contributed by atoms with Crippen LogP contribution in [0.5, 0.6) is 11.6 Å². The number of pyridine rings is 2. The van der Waals surface area contributed by atoms with Gasteiger partial charge in [0.05, 0.1) is 24.6 Å². The highest BCUT2D eigenvalue weighted by atomic mass is 79.9. The van der Waals surface area contributed by atoms with Crippen molar-refractivity contribution >= 4 is 27.7 Å². The molecule has 4 rings (SSSR count). The van der Waals surface area contributed by atoms with Crippen LogP contribution in [-0.2, 0) is 4.74 Å². The minimum atomic E-state index is -0.539. The Balaban J connectivity index is 1.63. The molecule has 0 amide bonds. The number of esters is 1. The molecular weight excluding hydrogens is 465 g/mol. The first kappa shape index (κ1) is 21.2. The number of aromatic nitrogens is 2. The molecule has 1 aliphatic rings. The molecule has 2 aromatic heterocycles. The monoisotopic (exact) mass is 485 g/mol. The summed E-state index contributed by atoms with van der Waals surface area (Å²) in [4.78, 5) is 23.4. The highest BCUT2D eigenvalue weighted by Crippen LogP contribution is 2.29. The summed E-state index contributed by atoms with van der Waals surface area (Å²) >= 11 is 3.28. The van der Waals surface area contributed by atoms with E-state index in [1.165, 1.54) is 50.6 Å². The van der Waals surface area contributed by atoms with Crippen LogP contribution in [0.1, 0.15) is 29.6 Å². The molecule has 1 aromatic carbocycles. The first-order valence-electron chi connectivity index (χ1n) is 9.97. The van der Waals surface area contributed by atoms with E-state index in [-0.39, 0.29) is 11.4 Å². The second-order valence-corrected chi connectivity index (χ2v) is 8.15. The third-order valence-electron chi connectivity index (χ3n) is 5.00. The Labute approximate surface area is 188 Å². The first-order chi connectivity index (χ1) is 15.0. The summed E-state index contributed by atoms with van der Waals surface area (Å²) in [6.45, 7) is 2.00. The van der Waals surface area contributed by atoms with Crippen molar-refractivity contribution in [1.82, 2.24) is 9.97 Å². The Bertz CT molecular complexity index is 1070. The van der Waals surface area contributed by atoms with E-state index in [1.54, 1.807) is 12.3 Å². The van der Waals surface area contributed by atoms with Gasteiger partial charge in [0.15, 0.2) is 0 Å². The van der Waals surface area contributed by atoms with Crippen molar-refractivity contribution in [2.45, 2.75) is 19.3 Å². The van der Waals surface area contributed by atoms with Crippen LogP contribution in [0.15, 0.2) is 53.1 Å². The van der Waals surface area contributed by atoms with Crippen molar-refractivity contribution in [2.75, 3.05) is 25.1 Å². The number of piperidine rings is 1. The predicted molar refractivity (Wildman–Crippen MR) is 119 cm³/mol. The second kappa shape index (κ2) is 9.43. The summed E-state index contributed by atoms with van der Waals surface area (Å²) in [6, 6.07) is 11.2. The van der Waals surface area contributed by atoms with Gasteiger partial charge in [-0.2, -0.15) is 0 Å². The Morgan fingerprint density at radius 3 is 2.58 bits per heavy atom. The van der Waals surface area contributed by atoms with E-state index < -0.39 is 11.8 Å². The van der Waals surface area contributed by atoms with Gasteiger partial charge in [-0.3, -0.25) is 0 Å². The summed E-state index contributed by atoms with van der Waals surface area (Å²) in [5.74, 6) is 0.623. The molecule has 3 aromatic rings. The Morgan fingerprint density at radius 1 is 1.10 bits per heavy atom. The molecule has 0 unspecified atom stereocenters. The molecule has 0 saturated carbocycles. The van der Waals surface area contributed by atoms with Gasteiger partial charge >= 0.3 is 5.97 Å². The summed E-state index contributed by atoms with van der Waals surface area (Å²) in [5.41, 5.74) is 1.14. The zero-order valence-electron chi connectivity index (χ0n) is 17.0. The van der Waals surface area contributed by atoms with Crippen LogP contribution in [0.2, 0.25) is 0 Å². The zero-order valence-corrected chi connectivity index (χ0v) is 18.6. The molecule has 0 N–H and O–H groups in total. The number of carbonyl (C=O) groups is 1. The fraction of sp³-hybridized carbons (Fsp3) is 0.261. The SMILES string of the molecule is COC(=O)c1cc(Oc2ccc(N3CCCCC3)nc2)nc(-c2cc(F)cc(Br)c2)c1. The van der Waals surface area contributed by atoms with E-state index in [9.17, 15) is 9.18 Å². The van der Waals surface area contributed by atoms with Gasteiger partial charge in [-0.15, -0.1) is 0 Å². The van der Waals surface area contributed by atoms with Gasteiger partial charge in [0, 0.05) is 29.2 Å². The first-order valence-corrected chi connectivity index (χ1v) is 10.8. The maximum Gasteiger partial charge on any atom is 0.338 e. The Kier molecular flexibility index (Phi) is 6.46. The molecule has 0 bridgehead atoms. The summed E-state index contributed by atoms with van der Waals surface area (Å²) in [7, 11) is 1.30. The van der Waals surface area contributed by atoms with Crippen molar-refractivity contribution in [3.8, 4) is 22.9 Å². The van der Waals surface area contributed by atoms with E-state index in [0.29, 0.717) is 21.5 Å². The lowest BCUT2D eigenvalue weighted by Gasteiger charge is -2.27. The number of methoxy groups -OCH3 is 1. The molecule has 31 heavy (non-hydrogen) atoms. The molecule has 0 spiro atoms. The summed E-state index contributed by atoms with van der Waals surface area (Å²) in [6.07, 6.45) is 5.23. The Hall–Kier alpha value is -3.00. The van der Waals surface area contributed by atoms with Crippen LogP contribution in [0.3, 0.4) is 0 Å². The van der Waals surface area contributed by atoms with Gasteiger partial charge in [-0.1, -0.05) is 15.9 Å². The number of hydrogen-bond donors (Lipinski definition) is 0. The predicted octanol–water partition coefficient (Wildman–Crippen LogP) is 5.61. The van der Waals surface area contributed by atoms with Crippen LogP contribution in [0, 0.1) is 5.82 Å². The van der Waals surface area contributed by atoms with Crippen molar-refractivity contribution < 1.29 is 18.7 Å². The van der Waals surface area contributed by atoms with Crippen molar-refractivity contribution in [3.63, 3.8) is 0 Å². The molecule has 8 heteroatoms. The largest absolute Gasteiger partial charge is 0.465 e. The van der Waals surface area contributed by atoms with Gasteiger partial charge in [0.2, 0.25) is 5.88 Å². The second-order valence-electron chi connectivity index (χ2n) is 7.23. The minimum Gasteiger partial charge on any atom is -0.465 e. The van der Waals surface area contributed by atoms with Crippen molar-refractivity contribution in [3.05, 3.63) is 64.5 Å². The third kappa shape index (κ3) is 5.19. The number of halogens is 2. The van der Waals surface area contributed by atoms with Crippen molar-refractivity contribution in [1.29, 1.82) is 0 Å². The number of nitrogens with zero attached hydrogens (tertiary/aromatic N) is 3. The van der Waals surface area contributed by atoms with Crippen LogP contribution in [0.25, 0.3) is 11.3 Å². The molecule has 160 valence electrons. The van der Waals surface area contributed by atoms with E-state index in [0.717, 1.165) is 18.9 Å². The molecule has 6 nitrogen and oxygen atoms in total. The van der Waals surface area contributed by atoms with Gasteiger partial charge < -0.3 is 14.4 Å². The zero-order chi connectivity index (χ0) is 21.8. The molecule has 0 radical (unpaired) electrons. The number of anilines is 1. The highest BCUT2D eigenvalue weighted by Gasteiger charge is 2.15. The lowest BCUT2D eigenvalue weighted by Crippen LogP contribution is -2.29. The van der Waals surface area contributed by atoms with E-state index >= 15 is 0 Å². The number of hydrogen-bond acceptors (Lipinski definition) is 6. The molecule has 1 saturated heterocycles. The number of benzene rings is 1. The quantitative estimate of drug-likeness (QED) is 0.437. The van der Waals surface area contributed by atoms with Crippen molar-refractivity contribution in [2.24, 2.45) is 0 Å². The van der Waals surface area contributed by atoms with Crippen LogP contribution in [-0.4, -0.2) is 36.1 Å². The van der Waals surface area contributed by atoms with Gasteiger partial charge in [0.25, 0.3) is 0 Å². The Morgan fingerprint density at radius 2 is 1.90 bits per heavy atom. The maximum atomic E-state index is 13.9. The number of rotatable bonds is 5. The van der Waals surface area contributed by atoms with Crippen LogP contribution < -0.4 is 9.64 Å². The van der Waals surface area contributed by atoms with E-state index in [2.05, 4.69) is 30.8 Å². The van der Waals surface area contributed by atoms with Gasteiger partial charge in [-0.05, 0) is 55.7 Å². The normalized spacial score (nSPS) is 13.7. The van der Waals surface area contributed by atoms with Gasteiger partial charge in [0.1, 0.15) is 17.4 Å². The minimum absolute atomic E-state index is 0.186. The smallest absolute Gasteiger partial charge is 0.338 e. The standard InChI is InChI=1S/C23H21BrFN3O3/c1-30-23(29)16-11-20(15-9-17(24)13-18(25)10-15)27-22(12-16)31-19-5-6-21(26-14-19)28-7-3-2-4-8-28/h5-6,9-14H,2-4,7-8H2,1H3. The third-order valence-corrected chi connectivity index (χ3v) is 5.46. The number of carbonyl (C=O) groups excluding carboxylic acids is 1. The average molecular weight is 486 g/mol. The molecule has 1 fully saturated rings. The highest BCUT2D eigenvalue weighted by molar-refractivity contribution is 9.10. The topological polar surface area (TPSA) is 64.6 Å².